The van der Waals surface area contributed by atoms with Crippen LogP contribution in [0.2, 0.25) is 4.34 Å². The molecular weight excluding hydrogens is 280 g/mol. The van der Waals surface area contributed by atoms with Crippen molar-refractivity contribution in [3.63, 3.8) is 0 Å². The van der Waals surface area contributed by atoms with E-state index < -0.39 is 5.41 Å². The summed E-state index contributed by atoms with van der Waals surface area (Å²) >= 11 is 7.47. The first-order valence-corrected chi connectivity index (χ1v) is 7.96. The van der Waals surface area contributed by atoms with Crippen LogP contribution < -0.4 is 5.73 Å². The number of hydrogen-bond donors (Lipinski definition) is 1. The summed E-state index contributed by atoms with van der Waals surface area (Å²) in [5.74, 6) is 0.185. The van der Waals surface area contributed by atoms with Crippen LogP contribution in [0.25, 0.3) is 0 Å². The number of carbonyl (C=O) groups is 1. The van der Waals surface area contributed by atoms with Crippen molar-refractivity contribution in [3.8, 4) is 0 Å². The highest BCUT2D eigenvalue weighted by molar-refractivity contribution is 7.16. The van der Waals surface area contributed by atoms with Crippen molar-refractivity contribution >= 4 is 28.8 Å². The fourth-order valence-electron chi connectivity index (χ4n) is 2.77. The minimum absolute atomic E-state index is 0.0130. The molecule has 0 spiro atoms. The number of halogens is 1. The van der Waals surface area contributed by atoms with Gasteiger partial charge in [0.15, 0.2) is 0 Å². The molecule has 0 radical (unpaired) electrons. The van der Waals surface area contributed by atoms with Crippen LogP contribution in [0.5, 0.6) is 0 Å². The third-order valence-electron chi connectivity index (χ3n) is 4.16. The van der Waals surface area contributed by atoms with Crippen LogP contribution >= 0.6 is 22.9 Å². The predicted octanol–water partition coefficient (Wildman–Crippen LogP) is 3.27. The molecule has 2 N–H and O–H groups in total. The fraction of sp³-hybridized carbons (Fsp3) is 0.643. The van der Waals surface area contributed by atoms with E-state index in [0.717, 1.165) is 28.5 Å². The van der Waals surface area contributed by atoms with Crippen LogP contribution in [0.3, 0.4) is 0 Å². The fourth-order valence-corrected chi connectivity index (χ4v) is 3.88. The molecule has 0 saturated heterocycles. The van der Waals surface area contributed by atoms with Gasteiger partial charge in [-0.05, 0) is 38.8 Å². The first-order chi connectivity index (χ1) is 8.97. The molecule has 2 atom stereocenters. The number of thiophene rings is 1. The lowest BCUT2D eigenvalue weighted by Gasteiger charge is -2.33. The largest absolute Gasteiger partial charge is 0.337 e. The highest BCUT2D eigenvalue weighted by Gasteiger charge is 2.44. The first kappa shape index (κ1) is 14.8. The minimum atomic E-state index is -0.392. The minimum Gasteiger partial charge on any atom is -0.337 e. The standard InChI is InChI=1S/C14H21ClN2OS/c1-3-17(9-10-6-7-12(15)19-10)13(18)14(2)8-4-5-11(14)16/h6-7,11H,3-5,8-9,16H2,1-2H3. The summed E-state index contributed by atoms with van der Waals surface area (Å²) in [4.78, 5) is 15.8. The highest BCUT2D eigenvalue weighted by Crippen LogP contribution is 2.38. The summed E-state index contributed by atoms with van der Waals surface area (Å²) in [5, 5.41) is 0. The van der Waals surface area contributed by atoms with E-state index in [1.54, 1.807) is 0 Å². The lowest BCUT2D eigenvalue weighted by molar-refractivity contribution is -0.142. The zero-order chi connectivity index (χ0) is 14.0. The highest BCUT2D eigenvalue weighted by atomic mass is 35.5. The Balaban J connectivity index is 2.11. The van der Waals surface area contributed by atoms with Crippen molar-refractivity contribution in [3.05, 3.63) is 21.3 Å². The summed E-state index contributed by atoms with van der Waals surface area (Å²) in [5.41, 5.74) is 5.75. The van der Waals surface area contributed by atoms with Gasteiger partial charge in [0.25, 0.3) is 0 Å². The molecule has 19 heavy (non-hydrogen) atoms. The Morgan fingerprint density at radius 3 is 2.84 bits per heavy atom. The zero-order valence-corrected chi connectivity index (χ0v) is 13.1. The van der Waals surface area contributed by atoms with Crippen LogP contribution in [-0.2, 0) is 11.3 Å². The molecule has 5 heteroatoms. The molecule has 1 aliphatic rings. The number of nitrogens with zero attached hydrogens (tertiary/aromatic N) is 1. The smallest absolute Gasteiger partial charge is 0.230 e. The summed E-state index contributed by atoms with van der Waals surface area (Å²) in [6, 6.07) is 3.85. The predicted molar refractivity (Wildman–Crippen MR) is 80.4 cm³/mol. The summed E-state index contributed by atoms with van der Waals surface area (Å²) in [7, 11) is 0. The van der Waals surface area contributed by atoms with Crippen molar-refractivity contribution in [1.29, 1.82) is 0 Å². The van der Waals surface area contributed by atoms with E-state index in [0.29, 0.717) is 13.1 Å². The molecule has 1 aromatic heterocycles. The molecule has 1 amide bonds. The molecule has 1 heterocycles. The topological polar surface area (TPSA) is 46.3 Å². The van der Waals surface area contributed by atoms with E-state index in [2.05, 4.69) is 0 Å². The Morgan fingerprint density at radius 1 is 1.63 bits per heavy atom. The van der Waals surface area contributed by atoms with E-state index in [1.807, 2.05) is 30.9 Å². The molecule has 1 fully saturated rings. The number of amides is 1. The van der Waals surface area contributed by atoms with Gasteiger partial charge in [0, 0.05) is 17.5 Å². The second-order valence-electron chi connectivity index (χ2n) is 5.44. The maximum Gasteiger partial charge on any atom is 0.230 e. The quantitative estimate of drug-likeness (QED) is 0.927. The average Bonchev–Trinajstić information content (AvgIpc) is 2.94. The molecule has 106 valence electrons. The monoisotopic (exact) mass is 300 g/mol. The zero-order valence-electron chi connectivity index (χ0n) is 11.5. The molecule has 3 nitrogen and oxygen atoms in total. The lowest BCUT2D eigenvalue weighted by Crippen LogP contribution is -2.48. The van der Waals surface area contributed by atoms with Gasteiger partial charge in [-0.3, -0.25) is 4.79 Å². The molecule has 0 aromatic carbocycles. The van der Waals surface area contributed by atoms with Crippen LogP contribution in [0.15, 0.2) is 12.1 Å². The van der Waals surface area contributed by atoms with E-state index in [1.165, 1.54) is 11.3 Å². The second kappa shape index (κ2) is 5.81. The average molecular weight is 301 g/mol. The first-order valence-electron chi connectivity index (χ1n) is 6.76. The maximum absolute atomic E-state index is 12.7. The maximum atomic E-state index is 12.7. The Kier molecular flexibility index (Phi) is 4.54. The number of rotatable bonds is 4. The molecule has 1 saturated carbocycles. The summed E-state index contributed by atoms with van der Waals surface area (Å²) < 4.78 is 0.766. The Morgan fingerprint density at radius 2 is 2.37 bits per heavy atom. The van der Waals surface area contributed by atoms with Crippen molar-refractivity contribution in [2.45, 2.75) is 45.7 Å². The van der Waals surface area contributed by atoms with Gasteiger partial charge in [-0.2, -0.15) is 0 Å². The van der Waals surface area contributed by atoms with Gasteiger partial charge in [-0.1, -0.05) is 18.0 Å². The molecule has 0 bridgehead atoms. The van der Waals surface area contributed by atoms with Gasteiger partial charge >= 0.3 is 0 Å². The summed E-state index contributed by atoms with van der Waals surface area (Å²) in [6.07, 6.45) is 2.89. The third-order valence-corrected chi connectivity index (χ3v) is 5.38. The number of hydrogen-bond acceptors (Lipinski definition) is 3. The second-order valence-corrected chi connectivity index (χ2v) is 7.24. The molecular formula is C14H21ClN2OS. The van der Waals surface area contributed by atoms with Crippen LogP contribution in [-0.4, -0.2) is 23.4 Å². The van der Waals surface area contributed by atoms with Crippen molar-refractivity contribution in [2.75, 3.05) is 6.54 Å². The van der Waals surface area contributed by atoms with Gasteiger partial charge in [0.05, 0.1) is 16.3 Å². The molecule has 0 aliphatic heterocycles. The van der Waals surface area contributed by atoms with Gasteiger partial charge in [-0.25, -0.2) is 0 Å². The summed E-state index contributed by atoms with van der Waals surface area (Å²) in [6.45, 7) is 5.36. The molecule has 1 aromatic rings. The Labute approximate surface area is 123 Å². The van der Waals surface area contributed by atoms with Crippen molar-refractivity contribution in [2.24, 2.45) is 11.1 Å². The van der Waals surface area contributed by atoms with E-state index in [9.17, 15) is 4.79 Å². The van der Waals surface area contributed by atoms with Crippen LogP contribution in [0, 0.1) is 5.41 Å². The van der Waals surface area contributed by atoms with Gasteiger partial charge in [0.1, 0.15) is 0 Å². The number of carbonyl (C=O) groups excluding carboxylic acids is 1. The van der Waals surface area contributed by atoms with Gasteiger partial charge in [0.2, 0.25) is 5.91 Å². The van der Waals surface area contributed by atoms with Crippen molar-refractivity contribution in [1.82, 2.24) is 4.90 Å². The molecule has 2 unspecified atom stereocenters. The Bertz CT molecular complexity index is 462. The van der Waals surface area contributed by atoms with Crippen LogP contribution in [0.4, 0.5) is 0 Å². The third kappa shape index (κ3) is 2.96. The molecule has 1 aliphatic carbocycles. The van der Waals surface area contributed by atoms with E-state index >= 15 is 0 Å². The van der Waals surface area contributed by atoms with Crippen LogP contribution in [0.1, 0.15) is 38.0 Å². The molecule has 2 rings (SSSR count). The van der Waals surface area contributed by atoms with Crippen molar-refractivity contribution < 1.29 is 4.79 Å². The van der Waals surface area contributed by atoms with E-state index in [-0.39, 0.29) is 11.9 Å². The lowest BCUT2D eigenvalue weighted by atomic mass is 9.83. The number of nitrogens with two attached hydrogens (primary N) is 1. The normalized spacial score (nSPS) is 26.6. The van der Waals surface area contributed by atoms with E-state index in [4.69, 9.17) is 17.3 Å². The van der Waals surface area contributed by atoms with Gasteiger partial charge in [-0.15, -0.1) is 11.3 Å². The van der Waals surface area contributed by atoms with Gasteiger partial charge < -0.3 is 10.6 Å². The Hall–Kier alpha value is -0.580. The SMILES string of the molecule is CCN(Cc1ccc(Cl)s1)C(=O)C1(C)CCCC1N.